The lowest BCUT2D eigenvalue weighted by Crippen LogP contribution is -2.20. The molecule has 0 bridgehead atoms. The molecule has 0 spiro atoms. The van der Waals surface area contributed by atoms with Crippen LogP contribution in [0.1, 0.15) is 25.1 Å². The van der Waals surface area contributed by atoms with Crippen LogP contribution in [0, 0.1) is 19.7 Å². The Hall–Kier alpha value is -1.91. The van der Waals surface area contributed by atoms with Crippen molar-refractivity contribution in [2.75, 3.05) is 0 Å². The third-order valence-corrected chi connectivity index (χ3v) is 2.50. The first kappa shape index (κ1) is 14.2. The number of hydrogen-bond donors (Lipinski definition) is 1. The molecule has 98 valence electrons. The van der Waals surface area contributed by atoms with E-state index >= 15 is 0 Å². The van der Waals surface area contributed by atoms with Crippen molar-refractivity contribution in [3.63, 3.8) is 0 Å². The molecule has 1 amide bonds. The molecule has 0 radical (unpaired) electrons. The van der Waals surface area contributed by atoms with Gasteiger partial charge in [-0.2, -0.15) is 5.10 Å². The van der Waals surface area contributed by atoms with Crippen LogP contribution in [0.15, 0.2) is 12.1 Å². The number of benzene rings is 1. The van der Waals surface area contributed by atoms with E-state index in [1.807, 2.05) is 13.8 Å². The Balaban J connectivity index is 0.000000771. The van der Waals surface area contributed by atoms with Crippen LogP contribution in [0.3, 0.4) is 0 Å². The summed E-state index contributed by atoms with van der Waals surface area (Å²) in [6, 6.07) is 3.23. The SMILES string of the molecule is CC.Cc1cc(F)c2c(C)n(CC(N)=O)nc2c1. The molecule has 0 aliphatic carbocycles. The summed E-state index contributed by atoms with van der Waals surface area (Å²) < 4.78 is 15.1. The van der Waals surface area contributed by atoms with E-state index in [1.165, 1.54) is 10.7 Å². The number of hydrogen-bond acceptors (Lipinski definition) is 2. The van der Waals surface area contributed by atoms with Gasteiger partial charge in [-0.1, -0.05) is 13.8 Å². The molecular formula is C13H18FN3O. The number of rotatable bonds is 2. The maximum absolute atomic E-state index is 13.7. The van der Waals surface area contributed by atoms with E-state index in [-0.39, 0.29) is 12.4 Å². The van der Waals surface area contributed by atoms with Gasteiger partial charge < -0.3 is 5.73 Å². The standard InChI is InChI=1S/C11H12FN3O.C2H6/c1-6-3-8(12)11-7(2)15(5-10(13)16)14-9(11)4-6;1-2/h3-4H,5H2,1-2H3,(H2,13,16);1-2H3. The predicted octanol–water partition coefficient (Wildman–Crippen LogP) is 2.30. The second-order valence-corrected chi connectivity index (χ2v) is 3.85. The van der Waals surface area contributed by atoms with Gasteiger partial charge in [-0.25, -0.2) is 4.39 Å². The second-order valence-electron chi connectivity index (χ2n) is 3.85. The smallest absolute Gasteiger partial charge is 0.239 e. The highest BCUT2D eigenvalue weighted by Crippen LogP contribution is 2.22. The van der Waals surface area contributed by atoms with Crippen molar-refractivity contribution in [2.45, 2.75) is 34.2 Å². The monoisotopic (exact) mass is 251 g/mol. The highest BCUT2D eigenvalue weighted by molar-refractivity contribution is 5.83. The average Bonchev–Trinajstić information content (AvgIpc) is 2.57. The number of halogens is 1. The summed E-state index contributed by atoms with van der Waals surface area (Å²) in [5.74, 6) is -0.809. The molecule has 1 aromatic heterocycles. The summed E-state index contributed by atoms with van der Waals surface area (Å²) in [4.78, 5) is 10.8. The molecule has 0 saturated carbocycles. The third kappa shape index (κ3) is 2.67. The largest absolute Gasteiger partial charge is 0.368 e. The number of aryl methyl sites for hydroxylation is 2. The van der Waals surface area contributed by atoms with E-state index in [0.717, 1.165) is 5.56 Å². The van der Waals surface area contributed by atoms with Crippen LogP contribution >= 0.6 is 0 Å². The highest BCUT2D eigenvalue weighted by atomic mass is 19.1. The number of carbonyl (C=O) groups excluding carboxylic acids is 1. The Kier molecular flexibility index (Phi) is 4.42. The fraction of sp³-hybridized carbons (Fsp3) is 0.385. The van der Waals surface area contributed by atoms with E-state index in [0.29, 0.717) is 16.6 Å². The zero-order chi connectivity index (χ0) is 13.9. The quantitative estimate of drug-likeness (QED) is 0.890. The van der Waals surface area contributed by atoms with Crippen molar-refractivity contribution in [1.29, 1.82) is 0 Å². The van der Waals surface area contributed by atoms with Crippen LogP contribution in [0.5, 0.6) is 0 Å². The van der Waals surface area contributed by atoms with Crippen molar-refractivity contribution in [2.24, 2.45) is 5.73 Å². The fourth-order valence-corrected chi connectivity index (χ4v) is 1.80. The van der Waals surface area contributed by atoms with Gasteiger partial charge in [0.15, 0.2) is 0 Å². The van der Waals surface area contributed by atoms with Gasteiger partial charge in [0.25, 0.3) is 0 Å². The first-order valence-corrected chi connectivity index (χ1v) is 5.90. The number of fused-ring (bicyclic) bond motifs is 1. The molecular weight excluding hydrogens is 233 g/mol. The van der Waals surface area contributed by atoms with Crippen LogP contribution in [0.4, 0.5) is 4.39 Å². The molecule has 2 rings (SSSR count). The summed E-state index contributed by atoms with van der Waals surface area (Å²) in [5.41, 5.74) is 7.06. The first-order valence-electron chi connectivity index (χ1n) is 5.90. The van der Waals surface area contributed by atoms with Gasteiger partial charge in [0.1, 0.15) is 12.4 Å². The first-order chi connectivity index (χ1) is 8.49. The summed E-state index contributed by atoms with van der Waals surface area (Å²) in [5, 5.41) is 4.60. The molecule has 5 heteroatoms. The normalized spacial score (nSPS) is 10.1. The summed E-state index contributed by atoms with van der Waals surface area (Å²) >= 11 is 0. The zero-order valence-electron chi connectivity index (χ0n) is 11.1. The van der Waals surface area contributed by atoms with E-state index in [1.54, 1.807) is 19.9 Å². The number of aromatic nitrogens is 2. The number of primary amides is 1. The van der Waals surface area contributed by atoms with Crippen LogP contribution in [0.25, 0.3) is 10.9 Å². The van der Waals surface area contributed by atoms with E-state index in [9.17, 15) is 9.18 Å². The van der Waals surface area contributed by atoms with E-state index in [2.05, 4.69) is 5.10 Å². The molecule has 0 fully saturated rings. The minimum absolute atomic E-state index is 0.0288. The predicted molar refractivity (Wildman–Crippen MR) is 69.7 cm³/mol. The maximum atomic E-state index is 13.7. The van der Waals surface area contributed by atoms with Crippen molar-refractivity contribution in [3.8, 4) is 0 Å². The lowest BCUT2D eigenvalue weighted by molar-refractivity contribution is -0.118. The average molecular weight is 251 g/mol. The maximum Gasteiger partial charge on any atom is 0.239 e. The van der Waals surface area contributed by atoms with Crippen LogP contribution in [0.2, 0.25) is 0 Å². The second kappa shape index (κ2) is 5.62. The molecule has 18 heavy (non-hydrogen) atoms. The Morgan fingerprint density at radius 2 is 2.00 bits per heavy atom. The highest BCUT2D eigenvalue weighted by Gasteiger charge is 2.13. The molecule has 2 aromatic rings. The molecule has 0 aliphatic rings. The van der Waals surface area contributed by atoms with Gasteiger partial charge >= 0.3 is 0 Å². The van der Waals surface area contributed by atoms with Crippen LogP contribution < -0.4 is 5.73 Å². The summed E-state index contributed by atoms with van der Waals surface area (Å²) in [6.07, 6.45) is 0. The zero-order valence-corrected chi connectivity index (χ0v) is 11.1. The Bertz CT molecular complexity index is 575. The fourth-order valence-electron chi connectivity index (χ4n) is 1.80. The molecule has 1 aromatic carbocycles. The molecule has 0 atom stereocenters. The number of carbonyl (C=O) groups is 1. The van der Waals surface area contributed by atoms with Gasteiger partial charge in [0.2, 0.25) is 5.91 Å². The topological polar surface area (TPSA) is 60.9 Å². The van der Waals surface area contributed by atoms with Crippen molar-refractivity contribution < 1.29 is 9.18 Å². The van der Waals surface area contributed by atoms with Gasteiger partial charge in [0.05, 0.1) is 10.9 Å². The van der Waals surface area contributed by atoms with Crippen LogP contribution in [-0.2, 0) is 11.3 Å². The van der Waals surface area contributed by atoms with Gasteiger partial charge in [-0.05, 0) is 31.5 Å². The molecule has 0 saturated heterocycles. The van der Waals surface area contributed by atoms with E-state index in [4.69, 9.17) is 5.73 Å². The summed E-state index contributed by atoms with van der Waals surface area (Å²) in [7, 11) is 0. The van der Waals surface area contributed by atoms with Gasteiger partial charge in [-0.15, -0.1) is 0 Å². The van der Waals surface area contributed by atoms with Crippen molar-refractivity contribution in [3.05, 3.63) is 29.2 Å². The van der Waals surface area contributed by atoms with Gasteiger partial charge in [-0.3, -0.25) is 9.48 Å². The molecule has 4 nitrogen and oxygen atoms in total. The molecule has 2 N–H and O–H groups in total. The van der Waals surface area contributed by atoms with Gasteiger partial charge in [0, 0.05) is 5.69 Å². The minimum Gasteiger partial charge on any atom is -0.368 e. The third-order valence-electron chi connectivity index (χ3n) is 2.50. The number of nitrogens with two attached hydrogens (primary N) is 1. The molecule has 0 aliphatic heterocycles. The Morgan fingerprint density at radius 3 is 2.56 bits per heavy atom. The lowest BCUT2D eigenvalue weighted by Gasteiger charge is -1.99. The van der Waals surface area contributed by atoms with E-state index < -0.39 is 5.91 Å². The number of amides is 1. The summed E-state index contributed by atoms with van der Waals surface area (Å²) in [6.45, 7) is 7.49. The minimum atomic E-state index is -0.493. The van der Waals surface area contributed by atoms with Crippen LogP contribution in [-0.4, -0.2) is 15.7 Å². The van der Waals surface area contributed by atoms with Crippen molar-refractivity contribution >= 4 is 16.8 Å². The Labute approximate surface area is 106 Å². The lowest BCUT2D eigenvalue weighted by atomic mass is 10.1. The Morgan fingerprint density at radius 1 is 1.39 bits per heavy atom. The molecule has 1 heterocycles. The number of nitrogens with zero attached hydrogens (tertiary/aromatic N) is 2. The van der Waals surface area contributed by atoms with Crippen molar-refractivity contribution in [1.82, 2.24) is 9.78 Å². The molecule has 0 unspecified atom stereocenters.